The Kier molecular flexibility index (Phi) is 4.08. The van der Waals surface area contributed by atoms with Crippen LogP contribution in [0.1, 0.15) is 0 Å². The first-order valence-electron chi connectivity index (χ1n) is 6.94. The average molecular weight is 327 g/mol. The van der Waals surface area contributed by atoms with Crippen LogP contribution in [0.2, 0.25) is 0 Å². The number of rotatable bonds is 4. The molecule has 3 N–H and O–H groups in total. The maximum absolute atomic E-state index is 12.5. The fourth-order valence-corrected chi connectivity index (χ4v) is 3.42. The van der Waals surface area contributed by atoms with Crippen LogP contribution in [0.15, 0.2) is 71.6 Å². The molecule has 0 aliphatic carbocycles. The largest absolute Gasteiger partial charge is 0.488 e. The van der Waals surface area contributed by atoms with Crippen LogP contribution in [0.5, 0.6) is 0 Å². The minimum absolute atomic E-state index is 0.0508. The van der Waals surface area contributed by atoms with Gasteiger partial charge in [-0.2, -0.15) is 0 Å². The molecular formula is C16H14BNO4S. The van der Waals surface area contributed by atoms with Crippen molar-refractivity contribution in [3.05, 3.63) is 66.7 Å². The molecule has 0 bridgehead atoms. The van der Waals surface area contributed by atoms with Gasteiger partial charge < -0.3 is 10.0 Å². The van der Waals surface area contributed by atoms with Gasteiger partial charge in [-0.25, -0.2) is 8.42 Å². The third-order valence-corrected chi connectivity index (χ3v) is 4.90. The summed E-state index contributed by atoms with van der Waals surface area (Å²) in [4.78, 5) is 0.0508. The third-order valence-electron chi connectivity index (χ3n) is 3.52. The van der Waals surface area contributed by atoms with E-state index in [-0.39, 0.29) is 10.4 Å². The maximum Gasteiger partial charge on any atom is 0.488 e. The maximum atomic E-state index is 12.5. The van der Waals surface area contributed by atoms with E-state index in [1.807, 2.05) is 30.3 Å². The van der Waals surface area contributed by atoms with Gasteiger partial charge in [-0.1, -0.05) is 48.5 Å². The van der Waals surface area contributed by atoms with Gasteiger partial charge in [0, 0.05) is 5.39 Å². The van der Waals surface area contributed by atoms with Crippen LogP contribution in [0.4, 0.5) is 5.69 Å². The Labute approximate surface area is 134 Å². The Balaban J connectivity index is 1.97. The SMILES string of the molecule is O=S(=O)(Nc1cccc2ccccc12)c1ccc(B(O)O)cc1. The summed E-state index contributed by atoms with van der Waals surface area (Å²) >= 11 is 0. The van der Waals surface area contributed by atoms with Crippen molar-refractivity contribution in [2.24, 2.45) is 0 Å². The van der Waals surface area contributed by atoms with Gasteiger partial charge in [-0.05, 0) is 29.0 Å². The number of hydrogen-bond acceptors (Lipinski definition) is 4. The summed E-state index contributed by atoms with van der Waals surface area (Å²) in [7, 11) is -5.39. The molecule has 7 heteroatoms. The highest BCUT2D eigenvalue weighted by Gasteiger charge is 2.17. The molecule has 0 saturated carbocycles. The Morgan fingerprint density at radius 2 is 1.48 bits per heavy atom. The fraction of sp³-hybridized carbons (Fsp3) is 0. The lowest BCUT2D eigenvalue weighted by Gasteiger charge is -2.11. The zero-order valence-corrected chi connectivity index (χ0v) is 12.9. The van der Waals surface area contributed by atoms with E-state index in [9.17, 15) is 8.42 Å². The zero-order valence-electron chi connectivity index (χ0n) is 12.0. The van der Waals surface area contributed by atoms with E-state index in [4.69, 9.17) is 10.0 Å². The Bertz CT molecular complexity index is 934. The van der Waals surface area contributed by atoms with Gasteiger partial charge in [0.05, 0.1) is 10.6 Å². The minimum atomic E-state index is -3.76. The highest BCUT2D eigenvalue weighted by atomic mass is 32.2. The third kappa shape index (κ3) is 3.21. The average Bonchev–Trinajstić information content (AvgIpc) is 2.55. The fourth-order valence-electron chi connectivity index (χ4n) is 2.34. The molecule has 0 radical (unpaired) electrons. The normalized spacial score (nSPS) is 11.4. The molecule has 0 spiro atoms. The second-order valence-corrected chi connectivity index (χ2v) is 6.76. The van der Waals surface area contributed by atoms with E-state index < -0.39 is 17.1 Å². The quantitative estimate of drug-likeness (QED) is 0.631. The van der Waals surface area contributed by atoms with E-state index >= 15 is 0 Å². The topological polar surface area (TPSA) is 86.6 Å². The molecule has 0 aliphatic heterocycles. The molecule has 3 aromatic rings. The van der Waals surface area contributed by atoms with E-state index in [2.05, 4.69) is 4.72 Å². The molecule has 0 amide bonds. The number of nitrogens with one attached hydrogen (secondary N) is 1. The van der Waals surface area contributed by atoms with Crippen molar-refractivity contribution in [2.45, 2.75) is 4.90 Å². The molecule has 3 rings (SSSR count). The molecule has 0 heterocycles. The molecule has 0 unspecified atom stereocenters. The molecule has 23 heavy (non-hydrogen) atoms. The van der Waals surface area contributed by atoms with Crippen LogP contribution >= 0.6 is 0 Å². The molecule has 0 aromatic heterocycles. The monoisotopic (exact) mass is 327 g/mol. The first-order valence-corrected chi connectivity index (χ1v) is 8.42. The highest BCUT2D eigenvalue weighted by molar-refractivity contribution is 7.92. The lowest BCUT2D eigenvalue weighted by Crippen LogP contribution is -2.29. The second kappa shape index (κ2) is 6.04. The Morgan fingerprint density at radius 1 is 0.826 bits per heavy atom. The molecule has 5 nitrogen and oxygen atoms in total. The predicted octanol–water partition coefficient (Wildman–Crippen LogP) is 1.32. The van der Waals surface area contributed by atoms with Gasteiger partial charge in [0.2, 0.25) is 0 Å². The summed E-state index contributed by atoms with van der Waals surface area (Å²) in [6.07, 6.45) is 0. The van der Waals surface area contributed by atoms with Gasteiger partial charge in [0.25, 0.3) is 10.0 Å². The highest BCUT2D eigenvalue weighted by Crippen LogP contribution is 2.25. The molecule has 0 aliphatic rings. The van der Waals surface area contributed by atoms with Crippen molar-refractivity contribution >= 4 is 39.1 Å². The molecule has 0 atom stereocenters. The standard InChI is InChI=1S/C16H14BNO4S/c19-17(20)13-8-10-14(11-9-13)23(21,22)18-16-7-3-5-12-4-1-2-6-15(12)16/h1-11,18-20H. The van der Waals surface area contributed by atoms with Crippen molar-refractivity contribution in [3.8, 4) is 0 Å². The summed E-state index contributed by atoms with van der Waals surface area (Å²) in [5.41, 5.74) is 0.725. The van der Waals surface area contributed by atoms with E-state index in [1.165, 1.54) is 24.3 Å². The van der Waals surface area contributed by atoms with Crippen molar-refractivity contribution in [3.63, 3.8) is 0 Å². The number of sulfonamides is 1. The van der Waals surface area contributed by atoms with Crippen LogP contribution in [0.3, 0.4) is 0 Å². The summed E-state index contributed by atoms with van der Waals surface area (Å²) in [6.45, 7) is 0. The number of hydrogen-bond donors (Lipinski definition) is 3. The lowest BCUT2D eigenvalue weighted by molar-refractivity contribution is 0.425. The molecule has 116 valence electrons. The number of anilines is 1. The summed E-state index contributed by atoms with van der Waals surface area (Å²) in [5.74, 6) is 0. The van der Waals surface area contributed by atoms with Crippen molar-refractivity contribution in [2.75, 3.05) is 4.72 Å². The van der Waals surface area contributed by atoms with Gasteiger partial charge in [0.15, 0.2) is 0 Å². The molecule has 3 aromatic carbocycles. The summed E-state index contributed by atoms with van der Waals surface area (Å²) < 4.78 is 27.6. The predicted molar refractivity (Wildman–Crippen MR) is 91.0 cm³/mol. The Hall–Kier alpha value is -2.35. The minimum Gasteiger partial charge on any atom is -0.423 e. The van der Waals surface area contributed by atoms with Crippen LogP contribution in [0, 0.1) is 0 Å². The summed E-state index contributed by atoms with van der Waals surface area (Å²) in [6, 6.07) is 18.3. The lowest BCUT2D eigenvalue weighted by atomic mass is 9.81. The summed E-state index contributed by atoms with van der Waals surface area (Å²) in [5, 5.41) is 19.9. The second-order valence-electron chi connectivity index (χ2n) is 5.07. The first kappa shape index (κ1) is 15.5. The molecule has 0 fully saturated rings. The van der Waals surface area contributed by atoms with E-state index in [0.29, 0.717) is 5.69 Å². The number of benzene rings is 3. The Morgan fingerprint density at radius 3 is 2.17 bits per heavy atom. The molecular weight excluding hydrogens is 313 g/mol. The number of fused-ring (bicyclic) bond motifs is 1. The van der Waals surface area contributed by atoms with Crippen LogP contribution < -0.4 is 10.2 Å². The van der Waals surface area contributed by atoms with Crippen molar-refractivity contribution in [1.82, 2.24) is 0 Å². The zero-order chi connectivity index (χ0) is 16.4. The van der Waals surface area contributed by atoms with Crippen LogP contribution in [0.25, 0.3) is 10.8 Å². The van der Waals surface area contributed by atoms with Crippen molar-refractivity contribution in [1.29, 1.82) is 0 Å². The van der Waals surface area contributed by atoms with Gasteiger partial charge in [0.1, 0.15) is 0 Å². The van der Waals surface area contributed by atoms with Gasteiger partial charge in [-0.3, -0.25) is 4.72 Å². The van der Waals surface area contributed by atoms with Gasteiger partial charge in [-0.15, -0.1) is 0 Å². The molecule has 0 saturated heterocycles. The first-order chi connectivity index (χ1) is 11.0. The van der Waals surface area contributed by atoms with E-state index in [1.54, 1.807) is 12.1 Å². The van der Waals surface area contributed by atoms with Crippen molar-refractivity contribution < 1.29 is 18.5 Å². The van der Waals surface area contributed by atoms with Crippen LogP contribution in [-0.2, 0) is 10.0 Å². The van der Waals surface area contributed by atoms with Crippen LogP contribution in [-0.4, -0.2) is 25.6 Å². The smallest absolute Gasteiger partial charge is 0.423 e. The van der Waals surface area contributed by atoms with Gasteiger partial charge >= 0.3 is 7.12 Å². The van der Waals surface area contributed by atoms with E-state index in [0.717, 1.165) is 10.8 Å².